The maximum atomic E-state index is 8.93. The molecule has 0 fully saturated rings. The van der Waals surface area contributed by atoms with Gasteiger partial charge in [0.2, 0.25) is 0 Å². The van der Waals surface area contributed by atoms with Gasteiger partial charge < -0.3 is 15.8 Å². The summed E-state index contributed by atoms with van der Waals surface area (Å²) in [5, 5.41) is 12.3. The van der Waals surface area contributed by atoms with Gasteiger partial charge in [-0.2, -0.15) is 5.26 Å². The third-order valence-electron chi connectivity index (χ3n) is 3.17. The van der Waals surface area contributed by atoms with Gasteiger partial charge >= 0.3 is 0 Å². The van der Waals surface area contributed by atoms with Gasteiger partial charge in [-0.1, -0.05) is 12.1 Å². The second kappa shape index (κ2) is 5.98. The highest BCUT2D eigenvalue weighted by atomic mass is 16.5. The minimum atomic E-state index is 0.0807. The molecule has 0 aliphatic carbocycles. The lowest BCUT2D eigenvalue weighted by Crippen LogP contribution is -2.08. The van der Waals surface area contributed by atoms with Crippen molar-refractivity contribution in [2.45, 2.75) is 13.0 Å². The predicted octanol–water partition coefficient (Wildman–Crippen LogP) is 3.32. The molecular weight excluding hydrogens is 250 g/mol. The molecule has 0 bridgehead atoms. The van der Waals surface area contributed by atoms with E-state index >= 15 is 0 Å². The summed E-state index contributed by atoms with van der Waals surface area (Å²) in [4.78, 5) is 0. The molecule has 2 rings (SSSR count). The summed E-state index contributed by atoms with van der Waals surface area (Å²) in [6.07, 6.45) is 0. The normalized spacial score (nSPS) is 11.4. The highest BCUT2D eigenvalue weighted by Crippen LogP contribution is 2.26. The first-order valence-corrected chi connectivity index (χ1v) is 6.34. The standard InChI is InChI=1S/C16H17N3O/c1-11(13-4-6-14(20-2)7-5-13)19-16-9-12(10-17)3-8-15(16)18/h3-9,11,19H,18H2,1-2H3. The lowest BCUT2D eigenvalue weighted by molar-refractivity contribution is 0.414. The Balaban J connectivity index is 2.18. The van der Waals surface area contributed by atoms with Crippen LogP contribution in [0.3, 0.4) is 0 Å². The Morgan fingerprint density at radius 2 is 1.90 bits per heavy atom. The van der Waals surface area contributed by atoms with Gasteiger partial charge in [-0.05, 0) is 42.8 Å². The quantitative estimate of drug-likeness (QED) is 0.834. The Labute approximate surface area is 118 Å². The first-order chi connectivity index (χ1) is 9.63. The highest BCUT2D eigenvalue weighted by molar-refractivity contribution is 5.68. The van der Waals surface area contributed by atoms with Gasteiger partial charge in [-0.15, -0.1) is 0 Å². The van der Waals surface area contributed by atoms with Crippen LogP contribution in [0.5, 0.6) is 5.75 Å². The SMILES string of the molecule is COc1ccc(C(C)Nc2cc(C#N)ccc2N)cc1. The van der Waals surface area contributed by atoms with E-state index in [1.807, 2.05) is 31.2 Å². The van der Waals surface area contributed by atoms with Crippen LogP contribution in [0.4, 0.5) is 11.4 Å². The van der Waals surface area contributed by atoms with E-state index in [1.165, 1.54) is 0 Å². The van der Waals surface area contributed by atoms with Crippen LogP contribution in [0.25, 0.3) is 0 Å². The summed E-state index contributed by atoms with van der Waals surface area (Å²) in [5.41, 5.74) is 9.03. The molecule has 2 aromatic carbocycles. The van der Waals surface area contributed by atoms with Crippen LogP contribution >= 0.6 is 0 Å². The van der Waals surface area contributed by atoms with Crippen LogP contribution in [-0.4, -0.2) is 7.11 Å². The van der Waals surface area contributed by atoms with Crippen LogP contribution in [-0.2, 0) is 0 Å². The summed E-state index contributed by atoms with van der Waals surface area (Å²) < 4.78 is 5.14. The Bertz CT molecular complexity index is 629. The van der Waals surface area contributed by atoms with E-state index in [4.69, 9.17) is 15.7 Å². The molecule has 1 atom stereocenters. The molecule has 0 saturated carbocycles. The zero-order valence-corrected chi connectivity index (χ0v) is 11.6. The molecule has 0 spiro atoms. The number of anilines is 2. The Kier molecular flexibility index (Phi) is 4.11. The number of ether oxygens (including phenoxy) is 1. The molecule has 0 heterocycles. The third kappa shape index (κ3) is 3.01. The molecule has 0 aromatic heterocycles. The molecule has 0 radical (unpaired) electrons. The summed E-state index contributed by atoms with van der Waals surface area (Å²) in [6, 6.07) is 15.2. The van der Waals surface area contributed by atoms with Crippen LogP contribution in [0.2, 0.25) is 0 Å². The van der Waals surface area contributed by atoms with Crippen molar-refractivity contribution in [2.75, 3.05) is 18.2 Å². The lowest BCUT2D eigenvalue weighted by Gasteiger charge is -2.17. The van der Waals surface area contributed by atoms with Crippen molar-refractivity contribution in [2.24, 2.45) is 0 Å². The van der Waals surface area contributed by atoms with E-state index in [0.717, 1.165) is 17.0 Å². The number of rotatable bonds is 4. The Morgan fingerprint density at radius 1 is 1.20 bits per heavy atom. The topological polar surface area (TPSA) is 71.1 Å². The van der Waals surface area contributed by atoms with Crippen LogP contribution in [0, 0.1) is 11.3 Å². The first-order valence-electron chi connectivity index (χ1n) is 6.34. The molecule has 0 aliphatic rings. The minimum Gasteiger partial charge on any atom is -0.497 e. The van der Waals surface area contributed by atoms with E-state index in [-0.39, 0.29) is 6.04 Å². The monoisotopic (exact) mass is 267 g/mol. The maximum Gasteiger partial charge on any atom is 0.118 e. The predicted molar refractivity (Wildman–Crippen MR) is 80.6 cm³/mol. The third-order valence-corrected chi connectivity index (χ3v) is 3.17. The van der Waals surface area contributed by atoms with Crippen LogP contribution in [0.1, 0.15) is 24.1 Å². The summed E-state index contributed by atoms with van der Waals surface area (Å²) >= 11 is 0. The number of hydrogen-bond acceptors (Lipinski definition) is 4. The lowest BCUT2D eigenvalue weighted by atomic mass is 10.1. The molecular formula is C16H17N3O. The zero-order chi connectivity index (χ0) is 14.5. The molecule has 2 aromatic rings. The number of hydrogen-bond donors (Lipinski definition) is 2. The number of nitrogens with zero attached hydrogens (tertiary/aromatic N) is 1. The van der Waals surface area contributed by atoms with Crippen molar-refractivity contribution in [3.05, 3.63) is 53.6 Å². The van der Waals surface area contributed by atoms with Gasteiger partial charge in [0.1, 0.15) is 5.75 Å². The summed E-state index contributed by atoms with van der Waals surface area (Å²) in [5.74, 6) is 0.826. The molecule has 4 heteroatoms. The maximum absolute atomic E-state index is 8.93. The van der Waals surface area contributed by atoms with Gasteiger partial charge in [0.15, 0.2) is 0 Å². The van der Waals surface area contributed by atoms with E-state index < -0.39 is 0 Å². The molecule has 20 heavy (non-hydrogen) atoms. The number of nitrogens with two attached hydrogens (primary N) is 1. The van der Waals surface area contributed by atoms with Crippen molar-refractivity contribution >= 4 is 11.4 Å². The molecule has 1 unspecified atom stereocenters. The average Bonchev–Trinajstić information content (AvgIpc) is 2.49. The van der Waals surface area contributed by atoms with Crippen LogP contribution in [0.15, 0.2) is 42.5 Å². The molecule has 102 valence electrons. The average molecular weight is 267 g/mol. The van der Waals surface area contributed by atoms with E-state index in [0.29, 0.717) is 11.3 Å². The van der Waals surface area contributed by atoms with Crippen molar-refractivity contribution < 1.29 is 4.74 Å². The Morgan fingerprint density at radius 3 is 2.50 bits per heavy atom. The smallest absolute Gasteiger partial charge is 0.118 e. The number of nitrogen functional groups attached to an aromatic ring is 1. The summed E-state index contributed by atoms with van der Waals surface area (Å²) in [6.45, 7) is 2.04. The van der Waals surface area contributed by atoms with Gasteiger partial charge in [-0.25, -0.2) is 0 Å². The van der Waals surface area contributed by atoms with Crippen molar-refractivity contribution in [3.63, 3.8) is 0 Å². The Hall–Kier alpha value is -2.67. The fourth-order valence-electron chi connectivity index (χ4n) is 1.96. The number of methoxy groups -OCH3 is 1. The molecule has 0 amide bonds. The fraction of sp³-hybridized carbons (Fsp3) is 0.188. The van der Waals surface area contributed by atoms with Gasteiger partial charge in [0, 0.05) is 6.04 Å². The van der Waals surface area contributed by atoms with E-state index in [1.54, 1.807) is 25.3 Å². The highest BCUT2D eigenvalue weighted by Gasteiger charge is 2.08. The molecule has 0 saturated heterocycles. The minimum absolute atomic E-state index is 0.0807. The van der Waals surface area contributed by atoms with Crippen molar-refractivity contribution in [3.8, 4) is 11.8 Å². The van der Waals surface area contributed by atoms with Gasteiger partial charge in [0.25, 0.3) is 0 Å². The fourth-order valence-corrected chi connectivity index (χ4v) is 1.96. The second-order valence-corrected chi connectivity index (χ2v) is 4.55. The van der Waals surface area contributed by atoms with E-state index in [9.17, 15) is 0 Å². The largest absolute Gasteiger partial charge is 0.497 e. The number of nitrogens with one attached hydrogen (secondary N) is 1. The van der Waals surface area contributed by atoms with Crippen LogP contribution < -0.4 is 15.8 Å². The summed E-state index contributed by atoms with van der Waals surface area (Å²) in [7, 11) is 1.64. The molecule has 4 nitrogen and oxygen atoms in total. The first kappa shape index (κ1) is 13.8. The van der Waals surface area contributed by atoms with E-state index in [2.05, 4.69) is 11.4 Å². The second-order valence-electron chi connectivity index (χ2n) is 4.55. The number of benzene rings is 2. The van der Waals surface area contributed by atoms with Crippen molar-refractivity contribution in [1.82, 2.24) is 0 Å². The zero-order valence-electron chi connectivity index (χ0n) is 11.6. The van der Waals surface area contributed by atoms with Gasteiger partial charge in [-0.3, -0.25) is 0 Å². The number of nitriles is 1. The van der Waals surface area contributed by atoms with Crippen molar-refractivity contribution in [1.29, 1.82) is 5.26 Å². The molecule has 3 N–H and O–H groups in total. The van der Waals surface area contributed by atoms with Gasteiger partial charge in [0.05, 0.1) is 30.1 Å². The molecule has 0 aliphatic heterocycles.